The number of nitrogens with zero attached hydrogens (tertiary/aromatic N) is 3. The number of para-hydroxylation sites is 1. The van der Waals surface area contributed by atoms with Gasteiger partial charge in [0.05, 0.1) is 12.7 Å². The van der Waals surface area contributed by atoms with Gasteiger partial charge >= 0.3 is 0 Å². The van der Waals surface area contributed by atoms with E-state index in [9.17, 15) is 19.6 Å². The molecule has 36 heavy (non-hydrogen) atoms. The molecule has 3 heterocycles. The highest BCUT2D eigenvalue weighted by Gasteiger charge is 2.64. The molecule has 14 heteroatoms. The van der Waals surface area contributed by atoms with Crippen LogP contribution >= 0.6 is 8.53 Å². The Morgan fingerprint density at radius 3 is 2.67 bits per heavy atom. The maximum absolute atomic E-state index is 14.1. The SMILES string of the molecule is CC(C)(C)[C@@H]1[C@H](O)[C@@H](COP(N)O)O[C@@]1(C(=O)COc1ccccc1)n1cnc2c(=O)[nH]c(N)nc21. The zero-order valence-electron chi connectivity index (χ0n) is 20.0. The summed E-state index contributed by atoms with van der Waals surface area (Å²) in [6.07, 6.45) is -1.05. The summed E-state index contributed by atoms with van der Waals surface area (Å²) >= 11 is 0. The van der Waals surface area contributed by atoms with Gasteiger partial charge in [-0.2, -0.15) is 4.98 Å². The van der Waals surface area contributed by atoms with E-state index in [1.807, 2.05) is 26.8 Å². The van der Waals surface area contributed by atoms with E-state index in [-0.39, 0.29) is 23.7 Å². The molecule has 3 aromatic rings. The van der Waals surface area contributed by atoms with Crippen molar-refractivity contribution >= 4 is 31.4 Å². The lowest BCUT2D eigenvalue weighted by molar-refractivity contribution is -0.174. The van der Waals surface area contributed by atoms with Gasteiger partial charge in [-0.3, -0.25) is 24.6 Å². The zero-order chi connectivity index (χ0) is 26.3. The fourth-order valence-electron chi connectivity index (χ4n) is 4.72. The Balaban J connectivity index is 1.88. The number of Topliss-reactive ketones (excluding diaryl/α,β-unsaturated/α-hetero) is 1. The van der Waals surface area contributed by atoms with Gasteiger partial charge in [-0.1, -0.05) is 39.0 Å². The Morgan fingerprint density at radius 2 is 2.03 bits per heavy atom. The lowest BCUT2D eigenvalue weighted by Gasteiger charge is -2.41. The van der Waals surface area contributed by atoms with Crippen molar-refractivity contribution in [2.75, 3.05) is 18.9 Å². The lowest BCUT2D eigenvalue weighted by Crippen LogP contribution is -2.54. The van der Waals surface area contributed by atoms with Crippen LogP contribution in [0.25, 0.3) is 11.2 Å². The first-order chi connectivity index (χ1) is 16.9. The summed E-state index contributed by atoms with van der Waals surface area (Å²) in [5.41, 5.74) is 7.85. The van der Waals surface area contributed by atoms with Crippen LogP contribution in [0, 0.1) is 11.3 Å². The average Bonchev–Trinajstić information content (AvgIpc) is 3.36. The Labute approximate surface area is 207 Å². The number of rotatable bonds is 8. The summed E-state index contributed by atoms with van der Waals surface area (Å²) in [6, 6.07) is 8.73. The fraction of sp³-hybridized carbons (Fsp3) is 0.455. The normalized spacial score (nSPS) is 25.2. The number of imidazole rings is 1. The van der Waals surface area contributed by atoms with Crippen LogP contribution in [0.5, 0.6) is 5.75 Å². The van der Waals surface area contributed by atoms with Crippen LogP contribution in [-0.2, 0) is 19.8 Å². The number of aliphatic hydroxyl groups is 1. The second-order valence-electron chi connectivity index (χ2n) is 9.55. The molecule has 7 N–H and O–H groups in total. The Morgan fingerprint density at radius 1 is 1.33 bits per heavy atom. The molecule has 13 nitrogen and oxygen atoms in total. The number of carbonyl (C=O) groups excluding carboxylic acids is 1. The number of aromatic amines is 1. The van der Waals surface area contributed by atoms with Crippen molar-refractivity contribution in [3.63, 3.8) is 0 Å². The third-order valence-corrected chi connectivity index (χ3v) is 6.49. The second-order valence-corrected chi connectivity index (χ2v) is 10.4. The largest absolute Gasteiger partial charge is 0.486 e. The molecular weight excluding hydrogens is 491 g/mol. The highest BCUT2D eigenvalue weighted by Crippen LogP contribution is 2.51. The monoisotopic (exact) mass is 520 g/mol. The number of hydrogen-bond acceptors (Lipinski definition) is 11. The van der Waals surface area contributed by atoms with Gasteiger partial charge in [-0.05, 0) is 17.5 Å². The number of benzene rings is 1. The summed E-state index contributed by atoms with van der Waals surface area (Å²) in [5, 5.41) is 11.4. The first kappa shape index (κ1) is 26.1. The standard InChI is InChI=1S/C22H29N6O7P/c1-21(2,3)17-16(30)13(9-34-36(24)32)35-22(17,14(29)10-33-12-7-5-4-6-8-12)28-11-25-15-18(28)26-20(23)27-19(15)31/h4-8,11,13,16-17,30,32H,9-10,24H2,1-3H3,(H3,23,26,27,31)/t13-,16-,17+,22-,36?/m1/s1. The van der Waals surface area contributed by atoms with Crippen molar-refractivity contribution in [2.45, 2.75) is 38.7 Å². The summed E-state index contributed by atoms with van der Waals surface area (Å²) in [4.78, 5) is 46.8. The number of ether oxygens (including phenoxy) is 2. The maximum atomic E-state index is 14.1. The van der Waals surface area contributed by atoms with E-state index in [0.29, 0.717) is 5.75 Å². The van der Waals surface area contributed by atoms with Crippen LogP contribution in [0.1, 0.15) is 20.8 Å². The molecular formula is C22H29N6O7P. The number of nitrogens with one attached hydrogen (secondary N) is 1. The Hall–Kier alpha value is -2.93. The van der Waals surface area contributed by atoms with Crippen LogP contribution in [-0.4, -0.2) is 60.7 Å². The first-order valence-corrected chi connectivity index (χ1v) is 12.4. The molecule has 0 saturated carbocycles. The minimum Gasteiger partial charge on any atom is -0.486 e. The fourth-order valence-corrected chi connectivity index (χ4v) is 5.02. The topological polar surface area (TPSA) is 201 Å². The van der Waals surface area contributed by atoms with Crippen molar-refractivity contribution in [1.29, 1.82) is 0 Å². The second kappa shape index (κ2) is 9.85. The van der Waals surface area contributed by atoms with Gasteiger partial charge in [0.1, 0.15) is 18.2 Å². The summed E-state index contributed by atoms with van der Waals surface area (Å²) < 4.78 is 18.5. The van der Waals surface area contributed by atoms with Gasteiger partial charge < -0.3 is 29.7 Å². The van der Waals surface area contributed by atoms with Gasteiger partial charge in [-0.15, -0.1) is 0 Å². The van der Waals surface area contributed by atoms with Crippen molar-refractivity contribution in [3.05, 3.63) is 47.0 Å². The average molecular weight is 520 g/mol. The van der Waals surface area contributed by atoms with Crippen LogP contribution in [0.15, 0.2) is 41.5 Å². The maximum Gasteiger partial charge on any atom is 0.280 e. The Kier molecular flexibility index (Phi) is 7.15. The number of hydrogen-bond donors (Lipinski definition) is 5. The van der Waals surface area contributed by atoms with Crippen LogP contribution in [0.2, 0.25) is 0 Å². The van der Waals surface area contributed by atoms with Gasteiger partial charge in [0.15, 0.2) is 17.8 Å². The molecule has 2 aromatic heterocycles. The van der Waals surface area contributed by atoms with Crippen LogP contribution < -0.4 is 21.5 Å². The molecule has 1 aliphatic rings. The van der Waals surface area contributed by atoms with Crippen LogP contribution in [0.4, 0.5) is 5.95 Å². The molecule has 4 rings (SSSR count). The molecule has 0 aliphatic carbocycles. The van der Waals surface area contributed by atoms with E-state index < -0.39 is 55.7 Å². The predicted octanol–water partition coefficient (Wildman–Crippen LogP) is 0.619. The summed E-state index contributed by atoms with van der Waals surface area (Å²) in [7, 11) is -2.24. The minimum absolute atomic E-state index is 0.00411. The number of aromatic nitrogens is 4. The molecule has 1 fully saturated rings. The number of nitrogen functional groups attached to an aromatic ring is 1. The van der Waals surface area contributed by atoms with E-state index in [4.69, 9.17) is 25.2 Å². The number of carbonyl (C=O) groups is 1. The Bertz CT molecular complexity index is 1290. The van der Waals surface area contributed by atoms with Gasteiger partial charge in [-0.25, -0.2) is 4.98 Å². The van der Waals surface area contributed by atoms with E-state index >= 15 is 0 Å². The number of aliphatic hydroxyl groups excluding tert-OH is 1. The number of anilines is 1. The number of nitrogens with two attached hydrogens (primary N) is 2. The van der Waals surface area contributed by atoms with E-state index in [1.165, 1.54) is 10.9 Å². The molecule has 0 bridgehead atoms. The molecule has 1 aliphatic heterocycles. The molecule has 5 atom stereocenters. The van der Waals surface area contributed by atoms with E-state index in [1.54, 1.807) is 24.3 Å². The highest BCUT2D eigenvalue weighted by molar-refractivity contribution is 7.43. The molecule has 194 valence electrons. The van der Waals surface area contributed by atoms with Crippen molar-refractivity contribution in [2.24, 2.45) is 16.8 Å². The van der Waals surface area contributed by atoms with E-state index in [2.05, 4.69) is 15.0 Å². The van der Waals surface area contributed by atoms with Crippen molar-refractivity contribution in [3.8, 4) is 5.75 Å². The minimum atomic E-state index is -2.24. The smallest absolute Gasteiger partial charge is 0.280 e. The van der Waals surface area contributed by atoms with Gasteiger partial charge in [0.2, 0.25) is 26.0 Å². The van der Waals surface area contributed by atoms with E-state index in [0.717, 1.165) is 0 Å². The van der Waals surface area contributed by atoms with Gasteiger partial charge in [0.25, 0.3) is 5.56 Å². The molecule has 0 spiro atoms. The molecule has 1 unspecified atom stereocenters. The summed E-state index contributed by atoms with van der Waals surface area (Å²) in [5.74, 6) is -1.19. The lowest BCUT2D eigenvalue weighted by atomic mass is 9.70. The van der Waals surface area contributed by atoms with Crippen molar-refractivity contribution < 1.29 is 28.8 Å². The molecule has 1 aromatic carbocycles. The third-order valence-electron chi connectivity index (χ3n) is 6.07. The molecule has 1 saturated heterocycles. The number of fused-ring (bicyclic) bond motifs is 1. The van der Waals surface area contributed by atoms with Crippen molar-refractivity contribution in [1.82, 2.24) is 19.5 Å². The highest BCUT2D eigenvalue weighted by atomic mass is 31.2. The number of H-pyrrole nitrogens is 1. The quantitative estimate of drug-likeness (QED) is 0.261. The molecule has 0 amide bonds. The van der Waals surface area contributed by atoms with Crippen LogP contribution in [0.3, 0.4) is 0 Å². The molecule has 0 radical (unpaired) electrons. The first-order valence-electron chi connectivity index (χ1n) is 11.1. The number of ketones is 1. The zero-order valence-corrected chi connectivity index (χ0v) is 20.9. The predicted molar refractivity (Wildman–Crippen MR) is 131 cm³/mol. The summed E-state index contributed by atoms with van der Waals surface area (Å²) in [6.45, 7) is 4.79. The third kappa shape index (κ3) is 4.73. The van der Waals surface area contributed by atoms with Gasteiger partial charge in [0, 0.05) is 5.92 Å².